The highest BCUT2D eigenvalue weighted by atomic mass is 19.4. The van der Waals surface area contributed by atoms with Gasteiger partial charge in [-0.1, -0.05) is 19.6 Å². The van der Waals surface area contributed by atoms with Gasteiger partial charge < -0.3 is 20.7 Å². The molecular formula is C32H37F3N6O2. The maximum Gasteiger partial charge on any atom is 0.416 e. The molecule has 0 spiro atoms. The van der Waals surface area contributed by atoms with Crippen molar-refractivity contribution in [3.63, 3.8) is 0 Å². The summed E-state index contributed by atoms with van der Waals surface area (Å²) in [4.78, 5) is 24.0. The summed E-state index contributed by atoms with van der Waals surface area (Å²) in [6.07, 6.45) is -1.03. The van der Waals surface area contributed by atoms with Crippen LogP contribution in [0.1, 0.15) is 41.8 Å². The number of amidine groups is 1. The van der Waals surface area contributed by atoms with Crippen LogP contribution in [0.2, 0.25) is 0 Å². The van der Waals surface area contributed by atoms with Gasteiger partial charge in [0.1, 0.15) is 23.0 Å². The van der Waals surface area contributed by atoms with Gasteiger partial charge in [0.2, 0.25) is 5.91 Å². The van der Waals surface area contributed by atoms with Crippen molar-refractivity contribution in [1.29, 1.82) is 0 Å². The summed E-state index contributed by atoms with van der Waals surface area (Å²) in [5.74, 6) is 1.38. The van der Waals surface area contributed by atoms with E-state index in [1.54, 1.807) is 18.3 Å². The largest absolute Gasteiger partial charge is 0.457 e. The fourth-order valence-electron chi connectivity index (χ4n) is 5.74. The van der Waals surface area contributed by atoms with Gasteiger partial charge in [-0.05, 0) is 66.3 Å². The number of anilines is 1. The van der Waals surface area contributed by atoms with E-state index < -0.39 is 11.7 Å². The number of aryl methyl sites for hydroxylation is 1. The van der Waals surface area contributed by atoms with E-state index in [1.807, 2.05) is 29.2 Å². The first-order chi connectivity index (χ1) is 20.3. The van der Waals surface area contributed by atoms with E-state index in [0.717, 1.165) is 42.7 Å². The first-order valence-electron chi connectivity index (χ1n) is 14.3. The minimum Gasteiger partial charge on any atom is -0.457 e. The number of rotatable bonds is 7. The Bertz CT molecular complexity index is 1490. The number of halogens is 3. The molecule has 1 saturated heterocycles. The maximum absolute atomic E-state index is 14.0. The Labute approximate surface area is 249 Å². The summed E-state index contributed by atoms with van der Waals surface area (Å²) < 4.78 is 48.0. The van der Waals surface area contributed by atoms with Crippen molar-refractivity contribution in [3.05, 3.63) is 82.7 Å². The summed E-state index contributed by atoms with van der Waals surface area (Å²) in [5, 5.41) is 9.17. The van der Waals surface area contributed by atoms with Gasteiger partial charge in [-0.15, -0.1) is 0 Å². The Kier molecular flexibility index (Phi) is 9.31. The van der Waals surface area contributed by atoms with E-state index >= 15 is 0 Å². The lowest BCUT2D eigenvalue weighted by molar-refractivity contribution is -0.138. The fourth-order valence-corrected chi connectivity index (χ4v) is 5.74. The monoisotopic (exact) mass is 594 g/mol. The van der Waals surface area contributed by atoms with Crippen molar-refractivity contribution >= 4 is 17.4 Å². The van der Waals surface area contributed by atoms with Crippen molar-refractivity contribution in [2.45, 2.75) is 39.4 Å². The molecule has 3 N–H and O–H groups in total. The standard InChI is InChI=1S/C31H33F3N6O2.CH4/c32-31(33,34)27-17-24(5-3-22(27)19-40-13-11-35-12-14-40)39-30(41)21-2-1-20-4-6-25(16-23(20)15-21)42-26-7-8-36-28(18-26)29-37-9-10-38-29;/h3-8,16-18,21,35H,1-2,9-15,19H2,(H,37,38)(H,39,41);1H4. The zero-order chi connectivity index (χ0) is 29.1. The molecule has 1 atom stereocenters. The third-order valence-corrected chi connectivity index (χ3v) is 7.95. The highest BCUT2D eigenvalue weighted by Gasteiger charge is 2.34. The molecule has 6 rings (SSSR count). The van der Waals surface area contributed by atoms with Crippen LogP contribution in [0.3, 0.4) is 0 Å². The van der Waals surface area contributed by atoms with Crippen molar-refractivity contribution in [2.24, 2.45) is 10.9 Å². The summed E-state index contributed by atoms with van der Waals surface area (Å²) in [6, 6.07) is 13.6. The lowest BCUT2D eigenvalue weighted by Crippen LogP contribution is -2.43. The molecule has 2 aromatic carbocycles. The van der Waals surface area contributed by atoms with E-state index in [0.29, 0.717) is 56.1 Å². The first kappa shape index (κ1) is 30.5. The molecule has 43 heavy (non-hydrogen) atoms. The average Bonchev–Trinajstić information content (AvgIpc) is 3.53. The van der Waals surface area contributed by atoms with Crippen LogP contribution < -0.4 is 20.7 Å². The smallest absolute Gasteiger partial charge is 0.416 e. The molecule has 0 saturated carbocycles. The molecule has 0 bridgehead atoms. The zero-order valence-electron chi connectivity index (χ0n) is 23.1. The third-order valence-electron chi connectivity index (χ3n) is 7.95. The Morgan fingerprint density at radius 1 is 1.02 bits per heavy atom. The number of fused-ring (bicyclic) bond motifs is 1. The average molecular weight is 595 g/mol. The number of aromatic nitrogens is 1. The molecule has 3 aromatic rings. The number of pyridine rings is 1. The van der Waals surface area contributed by atoms with Gasteiger partial charge in [-0.25, -0.2) is 0 Å². The van der Waals surface area contributed by atoms with E-state index in [1.165, 1.54) is 6.07 Å². The van der Waals surface area contributed by atoms with Crippen molar-refractivity contribution < 1.29 is 22.7 Å². The number of nitrogens with one attached hydrogen (secondary N) is 3. The Morgan fingerprint density at radius 3 is 2.60 bits per heavy atom. The highest BCUT2D eigenvalue weighted by Crippen LogP contribution is 2.36. The van der Waals surface area contributed by atoms with Crippen LogP contribution in [0.15, 0.2) is 59.7 Å². The minimum absolute atomic E-state index is 0. The predicted molar refractivity (Wildman–Crippen MR) is 161 cm³/mol. The molecule has 1 amide bonds. The molecule has 228 valence electrons. The molecule has 3 aliphatic rings. The van der Waals surface area contributed by atoms with Crippen LogP contribution >= 0.6 is 0 Å². The van der Waals surface area contributed by atoms with Crippen LogP contribution in [-0.4, -0.2) is 60.9 Å². The van der Waals surface area contributed by atoms with Crippen molar-refractivity contribution in [1.82, 2.24) is 20.5 Å². The van der Waals surface area contributed by atoms with Crippen molar-refractivity contribution in [2.75, 3.05) is 44.6 Å². The number of hydrogen-bond acceptors (Lipinski definition) is 7. The molecule has 11 heteroatoms. The van der Waals surface area contributed by atoms with Crippen LogP contribution in [-0.2, 0) is 30.4 Å². The van der Waals surface area contributed by atoms with Crippen LogP contribution in [0.4, 0.5) is 18.9 Å². The van der Waals surface area contributed by atoms with Gasteiger partial charge in [0, 0.05) is 63.1 Å². The summed E-state index contributed by atoms with van der Waals surface area (Å²) in [5.41, 5.74) is 2.53. The van der Waals surface area contributed by atoms with E-state index in [2.05, 4.69) is 25.9 Å². The van der Waals surface area contributed by atoms with Crippen LogP contribution in [0.25, 0.3) is 0 Å². The number of aliphatic imine (C=N–C) groups is 1. The summed E-state index contributed by atoms with van der Waals surface area (Å²) in [7, 11) is 0. The van der Waals surface area contributed by atoms with E-state index in [4.69, 9.17) is 4.74 Å². The number of carbonyl (C=O) groups excluding carboxylic acids is 1. The second kappa shape index (κ2) is 13.1. The summed E-state index contributed by atoms with van der Waals surface area (Å²) in [6.45, 7) is 4.63. The Hall–Kier alpha value is -3.96. The zero-order valence-corrected chi connectivity index (χ0v) is 23.1. The molecule has 8 nitrogen and oxygen atoms in total. The second-order valence-electron chi connectivity index (χ2n) is 10.9. The third kappa shape index (κ3) is 7.34. The van der Waals surface area contributed by atoms with Gasteiger partial charge in [0.15, 0.2) is 0 Å². The van der Waals surface area contributed by atoms with Gasteiger partial charge in [-0.3, -0.25) is 19.7 Å². The normalized spacial score (nSPS) is 18.6. The number of amides is 1. The second-order valence-corrected chi connectivity index (χ2v) is 10.9. The maximum atomic E-state index is 14.0. The van der Waals surface area contributed by atoms with Gasteiger partial charge in [-0.2, -0.15) is 13.2 Å². The predicted octanol–water partition coefficient (Wildman–Crippen LogP) is 5.03. The Balaban J connectivity index is 0.00000368. The fraction of sp³-hybridized carbons (Fsp3) is 0.406. The number of hydrogen-bond donors (Lipinski definition) is 3. The van der Waals surface area contributed by atoms with Crippen LogP contribution in [0.5, 0.6) is 11.5 Å². The number of benzene rings is 2. The number of alkyl halides is 3. The van der Waals surface area contributed by atoms with Gasteiger partial charge in [0.25, 0.3) is 0 Å². The number of carbonyl (C=O) groups is 1. The van der Waals surface area contributed by atoms with Gasteiger partial charge in [0.05, 0.1) is 12.1 Å². The molecule has 3 heterocycles. The first-order valence-corrected chi connectivity index (χ1v) is 14.3. The summed E-state index contributed by atoms with van der Waals surface area (Å²) >= 11 is 0. The molecule has 2 aliphatic heterocycles. The highest BCUT2D eigenvalue weighted by molar-refractivity contribution is 5.98. The minimum atomic E-state index is -4.51. The van der Waals surface area contributed by atoms with Crippen molar-refractivity contribution in [3.8, 4) is 11.5 Å². The quantitative estimate of drug-likeness (QED) is 0.356. The van der Waals surface area contributed by atoms with Crippen LogP contribution in [0, 0.1) is 5.92 Å². The molecule has 0 radical (unpaired) electrons. The molecule has 1 unspecified atom stereocenters. The number of piperazine rings is 1. The lowest BCUT2D eigenvalue weighted by Gasteiger charge is -2.28. The number of nitrogens with zero attached hydrogens (tertiary/aromatic N) is 3. The Morgan fingerprint density at radius 2 is 1.84 bits per heavy atom. The van der Waals surface area contributed by atoms with Gasteiger partial charge >= 0.3 is 6.18 Å². The van der Waals surface area contributed by atoms with E-state index in [-0.39, 0.29) is 37.0 Å². The topological polar surface area (TPSA) is 90.9 Å². The molecule has 1 aliphatic carbocycles. The lowest BCUT2D eigenvalue weighted by atomic mass is 9.83. The SMILES string of the molecule is C.O=C(Nc1ccc(CN2CCNCC2)c(C(F)(F)F)c1)C1CCc2ccc(Oc3ccnc(C4=NCCN4)c3)cc2C1. The number of ether oxygens (including phenoxy) is 1. The molecule has 1 aromatic heterocycles. The molecule has 1 fully saturated rings. The van der Waals surface area contributed by atoms with E-state index in [9.17, 15) is 18.0 Å². The molecular weight excluding hydrogens is 557 g/mol.